The molecule has 1 heterocycles. The molecule has 2 N–H and O–H groups in total. The van der Waals surface area contributed by atoms with Gasteiger partial charge in [-0.2, -0.15) is 0 Å². The molecule has 34 heavy (non-hydrogen) atoms. The maximum Gasteiger partial charge on any atom is 0.245 e. The van der Waals surface area contributed by atoms with Crippen molar-refractivity contribution in [2.24, 2.45) is 5.73 Å². The average Bonchev–Trinajstić information content (AvgIpc) is 2.89. The molecule has 3 aromatic rings. The van der Waals surface area contributed by atoms with E-state index < -0.39 is 0 Å². The summed E-state index contributed by atoms with van der Waals surface area (Å²) in [6, 6.07) is 26.4. The standard InChI is InChI=1S/C31H34N2O/c1-22(33-18-6-3-7-19-33)20-23-10-12-26(13-11-23)30-28(31(32)34)17-16-25-14-15-27(21-29(25)30)24-8-4-2-5-9-24/h2,4-5,8-15,21-22H,3,6-7,16-20H2,1H3,(H2,32,34). The number of hydrogen-bond acceptors (Lipinski definition) is 2. The number of nitrogens with zero attached hydrogens (tertiary/aromatic N) is 1. The van der Waals surface area contributed by atoms with Crippen LogP contribution >= 0.6 is 0 Å². The molecule has 3 aromatic carbocycles. The second kappa shape index (κ2) is 9.99. The van der Waals surface area contributed by atoms with Crippen molar-refractivity contribution < 1.29 is 4.79 Å². The molecule has 3 nitrogen and oxygen atoms in total. The van der Waals surface area contributed by atoms with Crippen LogP contribution in [0.25, 0.3) is 16.7 Å². The van der Waals surface area contributed by atoms with Gasteiger partial charge in [0.25, 0.3) is 0 Å². The van der Waals surface area contributed by atoms with Gasteiger partial charge in [-0.1, -0.05) is 73.2 Å². The van der Waals surface area contributed by atoms with Crippen LogP contribution in [0.5, 0.6) is 0 Å². The van der Waals surface area contributed by atoms with Crippen molar-refractivity contribution in [2.45, 2.75) is 51.5 Å². The molecule has 3 heteroatoms. The van der Waals surface area contributed by atoms with Crippen LogP contribution < -0.4 is 5.73 Å². The van der Waals surface area contributed by atoms with Gasteiger partial charge in [0.1, 0.15) is 0 Å². The number of carbonyl (C=O) groups is 1. The van der Waals surface area contributed by atoms with E-state index in [9.17, 15) is 4.79 Å². The Balaban J connectivity index is 1.47. The summed E-state index contributed by atoms with van der Waals surface area (Å²) in [5, 5.41) is 0. The molecular weight excluding hydrogens is 416 g/mol. The minimum Gasteiger partial charge on any atom is -0.366 e. The van der Waals surface area contributed by atoms with Gasteiger partial charge in [-0.3, -0.25) is 4.79 Å². The second-order valence-electron chi connectivity index (χ2n) is 9.80. The second-order valence-corrected chi connectivity index (χ2v) is 9.80. The summed E-state index contributed by atoms with van der Waals surface area (Å²) >= 11 is 0. The number of benzene rings is 3. The number of likely N-dealkylation sites (tertiary alicyclic amines) is 1. The Labute approximate surface area is 203 Å². The molecule has 1 saturated heterocycles. The van der Waals surface area contributed by atoms with Crippen LogP contribution in [0, 0.1) is 0 Å². The van der Waals surface area contributed by atoms with Gasteiger partial charge >= 0.3 is 0 Å². The number of carbonyl (C=O) groups excluding carboxylic acids is 1. The first-order chi connectivity index (χ1) is 16.6. The van der Waals surface area contributed by atoms with E-state index in [-0.39, 0.29) is 5.91 Å². The van der Waals surface area contributed by atoms with E-state index >= 15 is 0 Å². The fourth-order valence-electron chi connectivity index (χ4n) is 5.60. The Morgan fingerprint density at radius 1 is 0.853 bits per heavy atom. The van der Waals surface area contributed by atoms with Gasteiger partial charge in [0, 0.05) is 11.6 Å². The van der Waals surface area contributed by atoms with Crippen molar-refractivity contribution in [1.29, 1.82) is 0 Å². The first kappa shape index (κ1) is 22.6. The summed E-state index contributed by atoms with van der Waals surface area (Å²) in [6.07, 6.45) is 6.59. The number of aryl methyl sites for hydroxylation is 1. The fourth-order valence-corrected chi connectivity index (χ4v) is 5.60. The van der Waals surface area contributed by atoms with Gasteiger partial charge in [0.05, 0.1) is 0 Å². The molecule has 1 fully saturated rings. The van der Waals surface area contributed by atoms with Crippen LogP contribution in [0.2, 0.25) is 0 Å². The lowest BCUT2D eigenvalue weighted by Crippen LogP contribution is -2.38. The Morgan fingerprint density at radius 2 is 1.56 bits per heavy atom. The summed E-state index contributed by atoms with van der Waals surface area (Å²) in [6.45, 7) is 4.78. The normalized spacial score (nSPS) is 17.3. The molecule has 0 radical (unpaired) electrons. The third kappa shape index (κ3) is 4.71. The number of amides is 1. The van der Waals surface area contributed by atoms with Crippen LogP contribution in [-0.2, 0) is 17.6 Å². The largest absolute Gasteiger partial charge is 0.366 e. The quantitative estimate of drug-likeness (QED) is 0.500. The first-order valence-electron chi connectivity index (χ1n) is 12.6. The number of primary amides is 1. The molecule has 0 bridgehead atoms. The van der Waals surface area contributed by atoms with Gasteiger partial charge in [-0.05, 0) is 97.1 Å². The van der Waals surface area contributed by atoms with E-state index in [1.54, 1.807) is 0 Å². The van der Waals surface area contributed by atoms with Crippen molar-refractivity contribution in [2.75, 3.05) is 13.1 Å². The number of rotatable bonds is 6. The van der Waals surface area contributed by atoms with E-state index in [0.717, 1.165) is 40.7 Å². The van der Waals surface area contributed by atoms with Crippen molar-refractivity contribution in [3.8, 4) is 11.1 Å². The van der Waals surface area contributed by atoms with Crippen molar-refractivity contribution >= 4 is 11.5 Å². The SMILES string of the molecule is CC(Cc1ccc(C2=C(C(N)=O)CCc3ccc(-c4ccccc4)cc32)cc1)N1CCCCC1. The lowest BCUT2D eigenvalue weighted by Gasteiger charge is -2.32. The summed E-state index contributed by atoms with van der Waals surface area (Å²) in [4.78, 5) is 15.1. The zero-order valence-corrected chi connectivity index (χ0v) is 20.1. The van der Waals surface area contributed by atoms with Crippen LogP contribution in [0.1, 0.15) is 54.9 Å². The lowest BCUT2D eigenvalue weighted by atomic mass is 9.80. The predicted molar refractivity (Wildman–Crippen MR) is 140 cm³/mol. The summed E-state index contributed by atoms with van der Waals surface area (Å²) in [5.74, 6) is -0.312. The number of fused-ring (bicyclic) bond motifs is 1. The van der Waals surface area contributed by atoms with E-state index in [1.165, 1.54) is 49.0 Å². The molecule has 0 saturated carbocycles. The van der Waals surface area contributed by atoms with Gasteiger partial charge < -0.3 is 10.6 Å². The van der Waals surface area contributed by atoms with Crippen molar-refractivity contribution in [3.63, 3.8) is 0 Å². The minimum atomic E-state index is -0.312. The number of nitrogens with two attached hydrogens (primary N) is 1. The summed E-state index contributed by atoms with van der Waals surface area (Å²) in [5.41, 5.74) is 14.8. The van der Waals surface area contributed by atoms with E-state index in [2.05, 4.69) is 78.6 Å². The summed E-state index contributed by atoms with van der Waals surface area (Å²) in [7, 11) is 0. The number of piperidine rings is 1. The van der Waals surface area contributed by atoms with E-state index in [1.807, 2.05) is 6.07 Å². The summed E-state index contributed by atoms with van der Waals surface area (Å²) < 4.78 is 0. The van der Waals surface area contributed by atoms with Gasteiger partial charge in [0.2, 0.25) is 5.91 Å². The molecule has 1 unspecified atom stereocenters. The fraction of sp³-hybridized carbons (Fsp3) is 0.323. The Hall–Kier alpha value is -3.17. The van der Waals surface area contributed by atoms with Gasteiger partial charge in [-0.15, -0.1) is 0 Å². The molecule has 2 aliphatic rings. The Bertz CT molecular complexity index is 1190. The van der Waals surface area contributed by atoms with Gasteiger partial charge in [-0.25, -0.2) is 0 Å². The van der Waals surface area contributed by atoms with E-state index in [4.69, 9.17) is 5.73 Å². The predicted octanol–water partition coefficient (Wildman–Crippen LogP) is 6.00. The highest BCUT2D eigenvalue weighted by molar-refractivity contribution is 6.05. The minimum absolute atomic E-state index is 0.312. The third-order valence-electron chi connectivity index (χ3n) is 7.52. The molecular formula is C31H34N2O. The highest BCUT2D eigenvalue weighted by Crippen LogP contribution is 2.38. The van der Waals surface area contributed by atoms with Crippen LogP contribution in [0.4, 0.5) is 0 Å². The lowest BCUT2D eigenvalue weighted by molar-refractivity contribution is -0.114. The van der Waals surface area contributed by atoms with Crippen molar-refractivity contribution in [3.05, 3.63) is 101 Å². The highest BCUT2D eigenvalue weighted by atomic mass is 16.1. The molecule has 0 spiro atoms. The first-order valence-corrected chi connectivity index (χ1v) is 12.6. The van der Waals surface area contributed by atoms with Crippen LogP contribution in [0.15, 0.2) is 78.4 Å². The maximum atomic E-state index is 12.4. The third-order valence-corrected chi connectivity index (χ3v) is 7.52. The molecule has 174 valence electrons. The molecule has 5 rings (SSSR count). The molecule has 1 amide bonds. The van der Waals surface area contributed by atoms with Crippen LogP contribution in [-0.4, -0.2) is 29.9 Å². The topological polar surface area (TPSA) is 46.3 Å². The maximum absolute atomic E-state index is 12.4. The zero-order valence-electron chi connectivity index (χ0n) is 20.1. The van der Waals surface area contributed by atoms with Crippen LogP contribution in [0.3, 0.4) is 0 Å². The Kier molecular flexibility index (Phi) is 6.64. The number of hydrogen-bond donors (Lipinski definition) is 1. The zero-order chi connectivity index (χ0) is 23.5. The smallest absolute Gasteiger partial charge is 0.245 e. The molecule has 0 aromatic heterocycles. The highest BCUT2D eigenvalue weighted by Gasteiger charge is 2.24. The Morgan fingerprint density at radius 3 is 2.26 bits per heavy atom. The molecule has 1 aliphatic heterocycles. The van der Waals surface area contributed by atoms with E-state index in [0.29, 0.717) is 12.5 Å². The molecule has 1 atom stereocenters. The monoisotopic (exact) mass is 450 g/mol. The molecule has 1 aliphatic carbocycles. The van der Waals surface area contributed by atoms with Gasteiger partial charge in [0.15, 0.2) is 0 Å². The van der Waals surface area contributed by atoms with Crippen molar-refractivity contribution in [1.82, 2.24) is 4.90 Å². The average molecular weight is 451 g/mol.